The van der Waals surface area contributed by atoms with E-state index in [1.165, 1.54) is 5.56 Å². The summed E-state index contributed by atoms with van der Waals surface area (Å²) in [5.41, 5.74) is 1.27. The minimum atomic E-state index is 0.697. The number of hydrogen-bond donors (Lipinski definition) is 1. The maximum atomic E-state index is 4.67. The van der Waals surface area contributed by atoms with Gasteiger partial charge in [-0.25, -0.2) is 4.98 Å². The Morgan fingerprint density at radius 3 is 2.71 bits per heavy atom. The van der Waals surface area contributed by atoms with Crippen molar-refractivity contribution in [3.05, 3.63) is 47.3 Å². The Bertz CT molecular complexity index is 723. The summed E-state index contributed by atoms with van der Waals surface area (Å²) in [6, 6.07) is 12.5. The summed E-state index contributed by atoms with van der Waals surface area (Å²) in [4.78, 5) is 12.4. The van der Waals surface area contributed by atoms with E-state index in [0.717, 1.165) is 29.1 Å². The average molecular weight is 298 g/mol. The minimum absolute atomic E-state index is 0.697. The molecular weight excluding hydrogens is 280 g/mol. The van der Waals surface area contributed by atoms with Gasteiger partial charge in [0.2, 0.25) is 5.95 Å². The smallest absolute Gasteiger partial charge is 0.226 e. The highest BCUT2D eigenvalue weighted by atomic mass is 32.1. The molecule has 2 heterocycles. The summed E-state index contributed by atoms with van der Waals surface area (Å²) in [6.45, 7) is 3.70. The van der Waals surface area contributed by atoms with Gasteiger partial charge in [0, 0.05) is 20.1 Å². The topological polar surface area (TPSA) is 41.1 Å². The zero-order chi connectivity index (χ0) is 14.7. The lowest BCUT2D eigenvalue weighted by atomic mass is 10.2. The molecule has 0 fully saturated rings. The zero-order valence-electron chi connectivity index (χ0n) is 12.2. The van der Waals surface area contributed by atoms with E-state index in [1.807, 2.05) is 6.07 Å². The molecule has 0 radical (unpaired) electrons. The molecule has 2 aromatic heterocycles. The van der Waals surface area contributed by atoms with E-state index in [-0.39, 0.29) is 0 Å². The van der Waals surface area contributed by atoms with Gasteiger partial charge in [0.15, 0.2) is 0 Å². The summed E-state index contributed by atoms with van der Waals surface area (Å²) in [7, 11) is 2.07. The molecule has 0 aliphatic carbocycles. The van der Waals surface area contributed by atoms with Crippen molar-refractivity contribution in [2.45, 2.75) is 13.5 Å². The van der Waals surface area contributed by atoms with E-state index in [4.69, 9.17) is 0 Å². The molecule has 3 rings (SSSR count). The van der Waals surface area contributed by atoms with Crippen LogP contribution in [0.1, 0.15) is 12.5 Å². The largest absolute Gasteiger partial charge is 0.355 e. The Morgan fingerprint density at radius 2 is 1.95 bits per heavy atom. The molecule has 0 atom stereocenters. The van der Waals surface area contributed by atoms with Crippen molar-refractivity contribution in [2.24, 2.45) is 0 Å². The van der Waals surface area contributed by atoms with Gasteiger partial charge in [-0.3, -0.25) is 0 Å². The van der Waals surface area contributed by atoms with Crippen LogP contribution in [0.2, 0.25) is 0 Å². The van der Waals surface area contributed by atoms with E-state index < -0.39 is 0 Å². The molecule has 21 heavy (non-hydrogen) atoms. The Balaban J connectivity index is 1.96. The Morgan fingerprint density at radius 1 is 1.14 bits per heavy atom. The van der Waals surface area contributed by atoms with Gasteiger partial charge in [0.05, 0.1) is 5.39 Å². The third-order valence-electron chi connectivity index (χ3n) is 3.26. The van der Waals surface area contributed by atoms with Crippen molar-refractivity contribution in [3.8, 4) is 0 Å². The lowest BCUT2D eigenvalue weighted by Gasteiger charge is -2.20. The summed E-state index contributed by atoms with van der Waals surface area (Å²) >= 11 is 1.65. The standard InChI is InChI=1S/C16H18N4S/c1-3-17-16-18-14(13-9-10-21-15(13)19-16)20(2)11-12-7-5-4-6-8-12/h4-10H,3,11H2,1-2H3,(H,17,18,19). The fraction of sp³-hybridized carbons (Fsp3) is 0.250. The molecule has 0 aliphatic rings. The van der Waals surface area contributed by atoms with Gasteiger partial charge in [0.1, 0.15) is 10.6 Å². The quantitative estimate of drug-likeness (QED) is 0.778. The number of hydrogen-bond acceptors (Lipinski definition) is 5. The molecule has 0 unspecified atom stereocenters. The fourth-order valence-corrected chi connectivity index (χ4v) is 3.06. The van der Waals surface area contributed by atoms with Crippen LogP contribution in [0.15, 0.2) is 41.8 Å². The predicted octanol–water partition coefficient (Wildman–Crippen LogP) is 3.76. The first kappa shape index (κ1) is 13.8. The maximum absolute atomic E-state index is 4.67. The van der Waals surface area contributed by atoms with Crippen LogP contribution in [-0.4, -0.2) is 23.6 Å². The fourth-order valence-electron chi connectivity index (χ4n) is 2.30. The van der Waals surface area contributed by atoms with Gasteiger partial charge < -0.3 is 10.2 Å². The van der Waals surface area contributed by atoms with E-state index in [9.17, 15) is 0 Å². The highest BCUT2D eigenvalue weighted by molar-refractivity contribution is 7.16. The molecule has 3 aromatic rings. The summed E-state index contributed by atoms with van der Waals surface area (Å²) in [5.74, 6) is 1.67. The van der Waals surface area contributed by atoms with Crippen LogP contribution < -0.4 is 10.2 Å². The third kappa shape index (κ3) is 2.97. The van der Waals surface area contributed by atoms with E-state index >= 15 is 0 Å². The normalized spacial score (nSPS) is 10.8. The monoisotopic (exact) mass is 298 g/mol. The van der Waals surface area contributed by atoms with Crippen molar-refractivity contribution < 1.29 is 0 Å². The second-order valence-electron chi connectivity index (χ2n) is 4.88. The van der Waals surface area contributed by atoms with Gasteiger partial charge in [0.25, 0.3) is 0 Å². The second kappa shape index (κ2) is 6.10. The lowest BCUT2D eigenvalue weighted by Crippen LogP contribution is -2.19. The molecule has 4 nitrogen and oxygen atoms in total. The highest BCUT2D eigenvalue weighted by Crippen LogP contribution is 2.29. The third-order valence-corrected chi connectivity index (χ3v) is 4.07. The van der Waals surface area contributed by atoms with Crippen LogP contribution in [0, 0.1) is 0 Å². The van der Waals surface area contributed by atoms with Gasteiger partial charge >= 0.3 is 0 Å². The number of nitrogens with zero attached hydrogens (tertiary/aromatic N) is 3. The summed E-state index contributed by atoms with van der Waals surface area (Å²) < 4.78 is 0. The number of nitrogens with one attached hydrogen (secondary N) is 1. The maximum Gasteiger partial charge on any atom is 0.226 e. The van der Waals surface area contributed by atoms with Crippen molar-refractivity contribution in [1.29, 1.82) is 0 Å². The highest BCUT2D eigenvalue weighted by Gasteiger charge is 2.12. The number of benzene rings is 1. The number of rotatable bonds is 5. The van der Waals surface area contributed by atoms with Crippen LogP contribution in [0.5, 0.6) is 0 Å². The summed E-state index contributed by atoms with van der Waals surface area (Å²) in [6.07, 6.45) is 0. The molecule has 5 heteroatoms. The van der Waals surface area contributed by atoms with E-state index in [2.05, 4.69) is 69.9 Å². The first-order chi connectivity index (χ1) is 10.3. The second-order valence-corrected chi connectivity index (χ2v) is 5.78. The van der Waals surface area contributed by atoms with Gasteiger partial charge in [-0.05, 0) is 23.9 Å². The number of thiophene rings is 1. The van der Waals surface area contributed by atoms with Crippen molar-refractivity contribution in [3.63, 3.8) is 0 Å². The van der Waals surface area contributed by atoms with Crippen LogP contribution >= 0.6 is 11.3 Å². The van der Waals surface area contributed by atoms with Crippen LogP contribution in [0.25, 0.3) is 10.2 Å². The van der Waals surface area contributed by atoms with E-state index in [1.54, 1.807) is 11.3 Å². The first-order valence-electron chi connectivity index (χ1n) is 7.02. The molecule has 108 valence electrons. The van der Waals surface area contributed by atoms with Crippen molar-refractivity contribution in [1.82, 2.24) is 9.97 Å². The molecule has 0 saturated carbocycles. The molecule has 0 amide bonds. The summed E-state index contributed by atoms with van der Waals surface area (Å²) in [5, 5.41) is 6.38. The van der Waals surface area contributed by atoms with Crippen LogP contribution in [-0.2, 0) is 6.54 Å². The van der Waals surface area contributed by atoms with Gasteiger partial charge in [-0.2, -0.15) is 4.98 Å². The SMILES string of the molecule is CCNc1nc(N(C)Cc2ccccc2)c2ccsc2n1. The van der Waals surface area contributed by atoms with Gasteiger partial charge in [-0.15, -0.1) is 11.3 Å². The van der Waals surface area contributed by atoms with Crippen LogP contribution in [0.3, 0.4) is 0 Å². The van der Waals surface area contributed by atoms with Gasteiger partial charge in [-0.1, -0.05) is 30.3 Å². The number of anilines is 2. The Kier molecular flexibility index (Phi) is 4.01. The van der Waals surface area contributed by atoms with Crippen molar-refractivity contribution in [2.75, 3.05) is 23.8 Å². The van der Waals surface area contributed by atoms with Crippen molar-refractivity contribution >= 4 is 33.3 Å². The number of fused-ring (bicyclic) bond motifs is 1. The zero-order valence-corrected chi connectivity index (χ0v) is 13.0. The number of aromatic nitrogens is 2. The van der Waals surface area contributed by atoms with Crippen LogP contribution in [0.4, 0.5) is 11.8 Å². The molecule has 1 aromatic carbocycles. The molecule has 0 spiro atoms. The predicted molar refractivity (Wildman–Crippen MR) is 90.1 cm³/mol. The molecule has 0 aliphatic heterocycles. The lowest BCUT2D eigenvalue weighted by molar-refractivity contribution is 0.900. The van der Waals surface area contributed by atoms with E-state index in [0.29, 0.717) is 5.95 Å². The average Bonchev–Trinajstić information content (AvgIpc) is 2.96. The first-order valence-corrected chi connectivity index (χ1v) is 7.90. The molecule has 1 N–H and O–H groups in total. The Labute approximate surface area is 128 Å². The Hall–Kier alpha value is -2.14. The molecular formula is C16H18N4S. The minimum Gasteiger partial charge on any atom is -0.355 e. The molecule has 0 saturated heterocycles. The molecule has 0 bridgehead atoms.